The Morgan fingerprint density at radius 1 is 1.17 bits per heavy atom. The Labute approximate surface area is 137 Å². The van der Waals surface area contributed by atoms with E-state index in [4.69, 9.17) is 0 Å². The number of nitrogens with zero attached hydrogens (tertiary/aromatic N) is 3. The minimum absolute atomic E-state index is 0.0127. The molecule has 116 valence electrons. The van der Waals surface area contributed by atoms with Gasteiger partial charge in [0.05, 0.1) is 10.5 Å². The van der Waals surface area contributed by atoms with E-state index in [2.05, 4.69) is 39.4 Å². The molecule has 0 unspecified atom stereocenters. The Morgan fingerprint density at radius 2 is 1.91 bits per heavy atom. The van der Waals surface area contributed by atoms with Crippen LogP contribution >= 0.6 is 11.8 Å². The third-order valence-electron chi connectivity index (χ3n) is 3.31. The van der Waals surface area contributed by atoms with Gasteiger partial charge in [-0.05, 0) is 18.6 Å². The lowest BCUT2D eigenvalue weighted by Crippen LogP contribution is -1.92. The molecule has 0 aliphatic heterocycles. The van der Waals surface area contributed by atoms with E-state index in [1.165, 1.54) is 29.0 Å². The highest BCUT2D eigenvalue weighted by Gasteiger charge is 2.17. The Bertz CT molecular complexity index is 830. The van der Waals surface area contributed by atoms with Gasteiger partial charge in [-0.25, -0.2) is 4.98 Å². The summed E-state index contributed by atoms with van der Waals surface area (Å²) >= 11 is 1.49. The summed E-state index contributed by atoms with van der Waals surface area (Å²) in [6, 6.07) is 14.7. The maximum Gasteiger partial charge on any atom is 0.280 e. The molecule has 0 spiro atoms. The van der Waals surface area contributed by atoms with E-state index in [1.54, 1.807) is 18.2 Å². The highest BCUT2D eigenvalue weighted by molar-refractivity contribution is 7.98. The first kappa shape index (κ1) is 15.2. The Balaban J connectivity index is 1.76. The minimum Gasteiger partial charge on any atom is -0.258 e. The van der Waals surface area contributed by atoms with Crippen LogP contribution in [0.2, 0.25) is 0 Å². The highest BCUT2D eigenvalue weighted by atomic mass is 32.2. The maximum atomic E-state index is 11.1. The molecule has 1 heterocycles. The van der Waals surface area contributed by atoms with E-state index in [9.17, 15) is 10.1 Å². The van der Waals surface area contributed by atoms with Crippen molar-refractivity contribution in [2.24, 2.45) is 0 Å². The van der Waals surface area contributed by atoms with Crippen molar-refractivity contribution < 1.29 is 4.92 Å². The first-order valence-electron chi connectivity index (χ1n) is 6.98. The number of aromatic amines is 1. The van der Waals surface area contributed by atoms with Crippen LogP contribution in [0.1, 0.15) is 11.1 Å². The second-order valence-electron chi connectivity index (χ2n) is 5.02. The van der Waals surface area contributed by atoms with Crippen LogP contribution in [0.15, 0.2) is 53.7 Å². The van der Waals surface area contributed by atoms with Crippen LogP contribution in [-0.4, -0.2) is 20.1 Å². The van der Waals surface area contributed by atoms with Crippen molar-refractivity contribution in [3.63, 3.8) is 0 Å². The van der Waals surface area contributed by atoms with Crippen LogP contribution in [0.3, 0.4) is 0 Å². The number of hydrogen-bond donors (Lipinski definition) is 1. The van der Waals surface area contributed by atoms with Gasteiger partial charge in [-0.3, -0.25) is 15.2 Å². The van der Waals surface area contributed by atoms with E-state index in [0.717, 1.165) is 5.75 Å². The number of para-hydroxylation sites is 1. The van der Waals surface area contributed by atoms with Crippen LogP contribution in [0.25, 0.3) is 11.4 Å². The summed E-state index contributed by atoms with van der Waals surface area (Å²) in [6.45, 7) is 2.05. The van der Waals surface area contributed by atoms with Crippen LogP contribution in [0, 0.1) is 17.0 Å². The molecule has 0 saturated heterocycles. The average Bonchev–Trinajstić information content (AvgIpc) is 3.03. The molecule has 0 amide bonds. The number of thioether (sulfide) groups is 1. The number of aromatic nitrogens is 3. The molecule has 7 heteroatoms. The lowest BCUT2D eigenvalue weighted by molar-refractivity contribution is -0.384. The number of rotatable bonds is 5. The van der Waals surface area contributed by atoms with Crippen molar-refractivity contribution in [3.05, 3.63) is 69.8 Å². The number of hydrogen-bond acceptors (Lipinski definition) is 5. The predicted octanol–water partition coefficient (Wildman–Crippen LogP) is 3.98. The zero-order valence-corrected chi connectivity index (χ0v) is 13.2. The smallest absolute Gasteiger partial charge is 0.258 e. The van der Waals surface area contributed by atoms with E-state index >= 15 is 0 Å². The van der Waals surface area contributed by atoms with Crippen molar-refractivity contribution in [1.29, 1.82) is 0 Å². The number of nitro benzene ring substituents is 1. The van der Waals surface area contributed by atoms with Gasteiger partial charge in [0.15, 0.2) is 5.82 Å². The van der Waals surface area contributed by atoms with Gasteiger partial charge in [-0.1, -0.05) is 53.7 Å². The molecule has 6 nitrogen and oxygen atoms in total. The second-order valence-corrected chi connectivity index (χ2v) is 5.96. The predicted molar refractivity (Wildman–Crippen MR) is 89.2 cm³/mol. The van der Waals surface area contributed by atoms with Gasteiger partial charge in [-0.15, -0.1) is 5.10 Å². The molecule has 0 fully saturated rings. The van der Waals surface area contributed by atoms with Crippen molar-refractivity contribution >= 4 is 17.4 Å². The maximum absolute atomic E-state index is 11.1. The van der Waals surface area contributed by atoms with Crippen LogP contribution in [0.5, 0.6) is 0 Å². The Morgan fingerprint density at radius 3 is 2.65 bits per heavy atom. The SMILES string of the molecule is Cc1ccc(CSc2n[nH]c(-c3ccccc3[N+](=O)[O-])n2)cc1. The van der Waals surface area contributed by atoms with Crippen LogP contribution in [-0.2, 0) is 5.75 Å². The topological polar surface area (TPSA) is 84.7 Å². The molecule has 0 atom stereocenters. The van der Waals surface area contributed by atoms with Gasteiger partial charge in [-0.2, -0.15) is 0 Å². The zero-order valence-electron chi connectivity index (χ0n) is 12.4. The number of nitro groups is 1. The van der Waals surface area contributed by atoms with Gasteiger partial charge < -0.3 is 0 Å². The summed E-state index contributed by atoms with van der Waals surface area (Å²) in [5.74, 6) is 1.15. The van der Waals surface area contributed by atoms with Gasteiger partial charge in [0, 0.05) is 11.8 Å². The molecular formula is C16H14N4O2S. The number of H-pyrrole nitrogens is 1. The molecular weight excluding hydrogens is 312 g/mol. The second kappa shape index (κ2) is 6.62. The number of benzene rings is 2. The quantitative estimate of drug-likeness (QED) is 0.435. The molecule has 1 N–H and O–H groups in total. The van der Waals surface area contributed by atoms with E-state index < -0.39 is 4.92 Å². The van der Waals surface area contributed by atoms with Crippen molar-refractivity contribution in [2.75, 3.05) is 0 Å². The lowest BCUT2D eigenvalue weighted by Gasteiger charge is -1.99. The normalized spacial score (nSPS) is 10.7. The van der Waals surface area contributed by atoms with Gasteiger partial charge in [0.25, 0.3) is 5.69 Å². The monoisotopic (exact) mass is 326 g/mol. The molecule has 23 heavy (non-hydrogen) atoms. The molecule has 0 aliphatic carbocycles. The molecule has 2 aromatic carbocycles. The minimum atomic E-state index is -0.420. The average molecular weight is 326 g/mol. The Hall–Kier alpha value is -2.67. The molecule has 3 aromatic rings. The zero-order chi connectivity index (χ0) is 16.2. The first-order valence-corrected chi connectivity index (χ1v) is 7.96. The third-order valence-corrected chi connectivity index (χ3v) is 4.23. The highest BCUT2D eigenvalue weighted by Crippen LogP contribution is 2.28. The fraction of sp³-hybridized carbons (Fsp3) is 0.125. The largest absolute Gasteiger partial charge is 0.280 e. The summed E-state index contributed by atoms with van der Waals surface area (Å²) < 4.78 is 0. The van der Waals surface area contributed by atoms with Crippen molar-refractivity contribution in [1.82, 2.24) is 15.2 Å². The molecule has 0 radical (unpaired) electrons. The number of nitrogens with one attached hydrogen (secondary N) is 1. The first-order chi connectivity index (χ1) is 11.1. The molecule has 1 aromatic heterocycles. The van der Waals surface area contributed by atoms with Crippen LogP contribution in [0.4, 0.5) is 5.69 Å². The standard InChI is InChI=1S/C16H14N4O2S/c1-11-6-8-12(9-7-11)10-23-16-17-15(18-19-16)13-4-2-3-5-14(13)20(21)22/h2-9H,10H2,1H3,(H,17,18,19). The summed E-state index contributed by atoms with van der Waals surface area (Å²) in [6.07, 6.45) is 0. The van der Waals surface area contributed by atoms with Gasteiger partial charge in [0.1, 0.15) is 0 Å². The Kier molecular flexibility index (Phi) is 4.38. The molecule has 0 bridgehead atoms. The van der Waals surface area contributed by atoms with E-state index in [1.807, 2.05) is 6.92 Å². The summed E-state index contributed by atoms with van der Waals surface area (Å²) in [5.41, 5.74) is 2.85. The molecule has 0 saturated carbocycles. The molecule has 0 aliphatic rings. The number of aryl methyl sites for hydroxylation is 1. The summed E-state index contributed by atoms with van der Waals surface area (Å²) in [4.78, 5) is 15.0. The van der Waals surface area contributed by atoms with E-state index in [0.29, 0.717) is 16.5 Å². The lowest BCUT2D eigenvalue weighted by atomic mass is 10.2. The van der Waals surface area contributed by atoms with Crippen molar-refractivity contribution in [2.45, 2.75) is 17.8 Å². The fourth-order valence-corrected chi connectivity index (χ4v) is 2.85. The van der Waals surface area contributed by atoms with Crippen molar-refractivity contribution in [3.8, 4) is 11.4 Å². The third kappa shape index (κ3) is 3.57. The van der Waals surface area contributed by atoms with Crippen LogP contribution < -0.4 is 0 Å². The van der Waals surface area contributed by atoms with E-state index in [-0.39, 0.29) is 5.69 Å². The fourth-order valence-electron chi connectivity index (χ4n) is 2.10. The summed E-state index contributed by atoms with van der Waals surface area (Å²) in [7, 11) is 0. The molecule has 3 rings (SSSR count). The van der Waals surface area contributed by atoms with Gasteiger partial charge in [0.2, 0.25) is 5.16 Å². The summed E-state index contributed by atoms with van der Waals surface area (Å²) in [5, 5.41) is 18.6. The van der Waals surface area contributed by atoms with Gasteiger partial charge >= 0.3 is 0 Å².